The fourth-order valence-corrected chi connectivity index (χ4v) is 1.09. The Bertz CT molecular complexity index is 222. The maximum atomic E-state index is 11.1. The molecule has 0 N–H and O–H groups in total. The number of hydrogen-bond acceptors (Lipinski definition) is 3. The predicted octanol–water partition coefficient (Wildman–Crippen LogP) is 0.806. The van der Waals surface area contributed by atoms with Gasteiger partial charge in [0.25, 0.3) is 0 Å². The minimum absolute atomic E-state index is 0.0265. The number of carbonyl (C=O) groups excluding carboxylic acids is 2. The molecule has 0 spiro atoms. The second kappa shape index (κ2) is 2.77. The van der Waals surface area contributed by atoms with Crippen molar-refractivity contribution in [1.29, 1.82) is 0 Å². The van der Waals surface area contributed by atoms with Crippen molar-refractivity contribution in [2.24, 2.45) is 0 Å². The molecular formula is C8H13NO3. The summed E-state index contributed by atoms with van der Waals surface area (Å²) in [6.45, 7) is 5.82. The van der Waals surface area contributed by atoms with Crippen LogP contribution in [0, 0.1) is 0 Å². The average molecular weight is 171 g/mol. The lowest BCUT2D eigenvalue weighted by atomic mass is 9.99. The highest BCUT2D eigenvalue weighted by Crippen LogP contribution is 2.19. The molecule has 0 aromatic heterocycles. The van der Waals surface area contributed by atoms with Gasteiger partial charge in [-0.3, -0.25) is 9.69 Å². The molecule has 0 saturated carbocycles. The highest BCUT2D eigenvalue weighted by atomic mass is 16.6. The highest BCUT2D eigenvalue weighted by molar-refractivity contribution is 5.89. The summed E-state index contributed by atoms with van der Waals surface area (Å²) < 4.78 is 4.74. The zero-order valence-electron chi connectivity index (χ0n) is 7.59. The van der Waals surface area contributed by atoms with E-state index < -0.39 is 11.6 Å². The molecule has 1 heterocycles. The fraction of sp³-hybridized carbons (Fsp3) is 0.750. The van der Waals surface area contributed by atoms with Crippen molar-refractivity contribution in [2.75, 3.05) is 13.2 Å². The van der Waals surface area contributed by atoms with Gasteiger partial charge >= 0.3 is 6.09 Å². The second-order valence-corrected chi connectivity index (χ2v) is 3.38. The van der Waals surface area contributed by atoms with E-state index in [9.17, 15) is 9.59 Å². The van der Waals surface area contributed by atoms with E-state index in [1.54, 1.807) is 13.8 Å². The van der Waals surface area contributed by atoms with Crippen molar-refractivity contribution < 1.29 is 14.3 Å². The molecule has 0 bridgehead atoms. The van der Waals surface area contributed by atoms with Gasteiger partial charge in [-0.1, -0.05) is 0 Å². The molecule has 0 unspecified atom stereocenters. The lowest BCUT2D eigenvalue weighted by Crippen LogP contribution is -2.49. The Labute approximate surface area is 71.5 Å². The first kappa shape index (κ1) is 9.03. The molecule has 12 heavy (non-hydrogen) atoms. The maximum absolute atomic E-state index is 11.1. The molecule has 1 fully saturated rings. The molecule has 0 atom stereocenters. The van der Waals surface area contributed by atoms with Crippen LogP contribution in [0.4, 0.5) is 4.79 Å². The number of cyclic esters (lactones) is 1. The first-order valence-corrected chi connectivity index (χ1v) is 3.91. The third-order valence-corrected chi connectivity index (χ3v) is 2.30. The van der Waals surface area contributed by atoms with Crippen LogP contribution in [0.15, 0.2) is 0 Å². The van der Waals surface area contributed by atoms with Crippen LogP contribution in [0.1, 0.15) is 20.8 Å². The SMILES string of the molecule is CC(=O)C(C)(C)N1CCOC1=O. The molecule has 1 amide bonds. The van der Waals surface area contributed by atoms with Crippen LogP contribution in [-0.2, 0) is 9.53 Å². The van der Waals surface area contributed by atoms with E-state index in [2.05, 4.69) is 0 Å². The molecule has 0 aromatic carbocycles. The van der Waals surface area contributed by atoms with Crippen LogP contribution >= 0.6 is 0 Å². The van der Waals surface area contributed by atoms with Gasteiger partial charge in [-0.25, -0.2) is 4.79 Å². The van der Waals surface area contributed by atoms with E-state index >= 15 is 0 Å². The molecule has 1 aliphatic heterocycles. The maximum Gasteiger partial charge on any atom is 0.410 e. The Kier molecular flexibility index (Phi) is 2.08. The fourth-order valence-electron chi connectivity index (χ4n) is 1.09. The molecule has 4 heteroatoms. The second-order valence-electron chi connectivity index (χ2n) is 3.38. The van der Waals surface area contributed by atoms with Crippen molar-refractivity contribution in [3.05, 3.63) is 0 Å². The molecule has 0 aromatic rings. The minimum atomic E-state index is -0.729. The van der Waals surface area contributed by atoms with Gasteiger partial charge in [-0.15, -0.1) is 0 Å². The van der Waals surface area contributed by atoms with Crippen molar-refractivity contribution in [3.63, 3.8) is 0 Å². The summed E-state index contributed by atoms with van der Waals surface area (Å²) in [5.41, 5.74) is -0.729. The van der Waals surface area contributed by atoms with E-state index in [1.807, 2.05) is 0 Å². The quantitative estimate of drug-likeness (QED) is 0.617. The van der Waals surface area contributed by atoms with Gasteiger partial charge in [-0.05, 0) is 20.8 Å². The molecule has 68 valence electrons. The highest BCUT2D eigenvalue weighted by Gasteiger charge is 2.38. The summed E-state index contributed by atoms with van der Waals surface area (Å²) in [5.74, 6) is -0.0265. The first-order chi connectivity index (χ1) is 5.46. The van der Waals surface area contributed by atoms with E-state index in [-0.39, 0.29) is 5.78 Å². The molecular weight excluding hydrogens is 158 g/mol. The Morgan fingerprint density at radius 2 is 2.17 bits per heavy atom. The van der Waals surface area contributed by atoms with Crippen LogP contribution in [0.5, 0.6) is 0 Å². The third-order valence-electron chi connectivity index (χ3n) is 2.30. The van der Waals surface area contributed by atoms with Crippen LogP contribution in [0.3, 0.4) is 0 Å². The van der Waals surface area contributed by atoms with Crippen LogP contribution in [0.2, 0.25) is 0 Å². The Balaban J connectivity index is 2.80. The summed E-state index contributed by atoms with van der Waals surface area (Å²) in [6, 6.07) is 0. The summed E-state index contributed by atoms with van der Waals surface area (Å²) in [7, 11) is 0. The van der Waals surface area contributed by atoms with Crippen molar-refractivity contribution in [2.45, 2.75) is 26.3 Å². The van der Waals surface area contributed by atoms with Gasteiger partial charge in [0.05, 0.1) is 12.1 Å². The van der Waals surface area contributed by atoms with Gasteiger partial charge in [0.2, 0.25) is 0 Å². The Morgan fingerprint density at radius 1 is 1.58 bits per heavy atom. The molecule has 1 saturated heterocycles. The van der Waals surface area contributed by atoms with E-state index in [4.69, 9.17) is 4.74 Å². The largest absolute Gasteiger partial charge is 0.448 e. The molecule has 0 aliphatic carbocycles. The molecule has 4 nitrogen and oxygen atoms in total. The van der Waals surface area contributed by atoms with E-state index in [0.717, 1.165) is 0 Å². The summed E-state index contributed by atoms with van der Waals surface area (Å²) in [6.07, 6.45) is -0.393. The van der Waals surface area contributed by atoms with Crippen molar-refractivity contribution >= 4 is 11.9 Å². The number of ether oxygens (including phenoxy) is 1. The Morgan fingerprint density at radius 3 is 2.50 bits per heavy atom. The van der Waals surface area contributed by atoms with Crippen LogP contribution < -0.4 is 0 Å². The first-order valence-electron chi connectivity index (χ1n) is 3.91. The summed E-state index contributed by atoms with van der Waals surface area (Å²) in [5, 5.41) is 0. The number of hydrogen-bond donors (Lipinski definition) is 0. The predicted molar refractivity (Wildman–Crippen MR) is 42.8 cm³/mol. The molecule has 1 rings (SSSR count). The minimum Gasteiger partial charge on any atom is -0.448 e. The van der Waals surface area contributed by atoms with Gasteiger partial charge in [0.15, 0.2) is 5.78 Å². The topological polar surface area (TPSA) is 46.6 Å². The number of ketones is 1. The number of nitrogens with zero attached hydrogens (tertiary/aromatic N) is 1. The van der Waals surface area contributed by atoms with Gasteiger partial charge in [0, 0.05) is 0 Å². The van der Waals surface area contributed by atoms with Gasteiger partial charge in [0.1, 0.15) is 6.61 Å². The normalized spacial score (nSPS) is 17.9. The van der Waals surface area contributed by atoms with E-state index in [0.29, 0.717) is 13.2 Å². The number of amides is 1. The lowest BCUT2D eigenvalue weighted by Gasteiger charge is -2.30. The average Bonchev–Trinajstić information content (AvgIpc) is 2.35. The number of carbonyl (C=O) groups is 2. The van der Waals surface area contributed by atoms with Crippen molar-refractivity contribution in [3.8, 4) is 0 Å². The van der Waals surface area contributed by atoms with Crippen LogP contribution in [0.25, 0.3) is 0 Å². The number of rotatable bonds is 2. The Hall–Kier alpha value is -1.06. The molecule has 0 radical (unpaired) electrons. The third kappa shape index (κ3) is 1.29. The zero-order chi connectivity index (χ0) is 9.35. The molecule has 1 aliphatic rings. The van der Waals surface area contributed by atoms with E-state index in [1.165, 1.54) is 11.8 Å². The summed E-state index contributed by atoms with van der Waals surface area (Å²) >= 11 is 0. The van der Waals surface area contributed by atoms with Crippen LogP contribution in [-0.4, -0.2) is 35.5 Å². The number of Topliss-reactive ketones (excluding diaryl/α,β-unsaturated/α-hetero) is 1. The lowest BCUT2D eigenvalue weighted by molar-refractivity contribution is -0.125. The standard InChI is InChI=1S/C8H13NO3/c1-6(10)8(2,3)9-4-5-12-7(9)11/h4-5H2,1-3H3. The van der Waals surface area contributed by atoms with Gasteiger partial charge in [-0.2, -0.15) is 0 Å². The van der Waals surface area contributed by atoms with Gasteiger partial charge < -0.3 is 4.74 Å². The summed E-state index contributed by atoms with van der Waals surface area (Å²) in [4.78, 5) is 23.7. The zero-order valence-corrected chi connectivity index (χ0v) is 7.59. The monoisotopic (exact) mass is 171 g/mol. The van der Waals surface area contributed by atoms with Crippen molar-refractivity contribution in [1.82, 2.24) is 4.90 Å². The smallest absolute Gasteiger partial charge is 0.410 e.